The first-order valence-electron chi connectivity index (χ1n) is 8.51. The maximum absolute atomic E-state index is 10.8. The van der Waals surface area contributed by atoms with Crippen molar-refractivity contribution in [2.45, 2.75) is 33.1 Å². The van der Waals surface area contributed by atoms with Gasteiger partial charge in [0.1, 0.15) is 6.61 Å². The second kappa shape index (κ2) is 13.9. The van der Waals surface area contributed by atoms with Crippen molar-refractivity contribution in [3.8, 4) is 0 Å². The van der Waals surface area contributed by atoms with Crippen LogP contribution in [0.15, 0.2) is 35.5 Å². The van der Waals surface area contributed by atoms with Gasteiger partial charge in [0.15, 0.2) is 0 Å². The van der Waals surface area contributed by atoms with E-state index in [-0.39, 0.29) is 10.6 Å². The topological polar surface area (TPSA) is 165 Å². The van der Waals surface area contributed by atoms with Gasteiger partial charge in [0.05, 0.1) is 10.6 Å². The van der Waals surface area contributed by atoms with E-state index in [1.54, 1.807) is 19.1 Å². The number of benzene rings is 1. The molecule has 0 heterocycles. The van der Waals surface area contributed by atoms with Crippen molar-refractivity contribution in [1.82, 2.24) is 0 Å². The monoisotopic (exact) mass is 395 g/mol. The summed E-state index contributed by atoms with van der Waals surface area (Å²) >= 11 is 0. The van der Waals surface area contributed by atoms with Crippen molar-refractivity contribution in [3.05, 3.63) is 51.6 Å². The molecule has 0 spiro atoms. The van der Waals surface area contributed by atoms with Gasteiger partial charge in [-0.1, -0.05) is 18.5 Å². The summed E-state index contributed by atoms with van der Waals surface area (Å²) in [5.41, 5.74) is 7.76. The maximum atomic E-state index is 10.8. The molecule has 0 saturated heterocycles. The third-order valence-electron chi connectivity index (χ3n) is 3.25. The minimum atomic E-state index is -1.26. The molecular weight excluding hydrogens is 370 g/mol. The van der Waals surface area contributed by atoms with Crippen LogP contribution >= 0.6 is 0 Å². The highest BCUT2D eigenvalue weighted by molar-refractivity contribution is 6.00. The molecule has 4 N–H and O–H groups in total. The molecule has 0 bridgehead atoms. The summed E-state index contributed by atoms with van der Waals surface area (Å²) in [4.78, 5) is 34.7. The third kappa shape index (κ3) is 10.7. The molecule has 10 heteroatoms. The molecule has 0 fully saturated rings. The predicted octanol–water partition coefficient (Wildman–Crippen LogP) is 2.48. The molecule has 28 heavy (non-hydrogen) atoms. The summed E-state index contributed by atoms with van der Waals surface area (Å²) in [7, 11) is 0. The highest BCUT2D eigenvalue weighted by atomic mass is 16.6. The molecule has 0 aliphatic carbocycles. The van der Waals surface area contributed by atoms with Crippen molar-refractivity contribution in [3.63, 3.8) is 0 Å². The van der Waals surface area contributed by atoms with Gasteiger partial charge in [-0.15, -0.1) is 0 Å². The van der Waals surface area contributed by atoms with E-state index in [0.29, 0.717) is 30.9 Å². The van der Waals surface area contributed by atoms with Gasteiger partial charge in [0, 0.05) is 35.9 Å². The number of carbonyl (C=O) groups is 2. The Balaban J connectivity index is 0.000000769. The summed E-state index contributed by atoms with van der Waals surface area (Å²) in [5.74, 6) is -2.51. The Morgan fingerprint density at radius 3 is 2.32 bits per heavy atom. The van der Waals surface area contributed by atoms with E-state index < -0.39 is 11.9 Å². The van der Waals surface area contributed by atoms with E-state index in [1.165, 1.54) is 6.07 Å². The molecule has 154 valence electrons. The molecule has 0 amide bonds. The second-order valence-corrected chi connectivity index (χ2v) is 5.53. The van der Waals surface area contributed by atoms with Crippen molar-refractivity contribution in [2.24, 2.45) is 10.9 Å². The SMILES string of the molecule is CCCCC(=NOCCN)c1ccc([N+](=O)[O-])c(C)c1.O=C(O)/C=C/C(=O)O. The zero-order valence-electron chi connectivity index (χ0n) is 15.8. The van der Waals surface area contributed by atoms with Gasteiger partial charge < -0.3 is 20.8 Å². The lowest BCUT2D eigenvalue weighted by atomic mass is 10.0. The number of unbranched alkanes of at least 4 members (excludes halogenated alkanes) is 1. The highest BCUT2D eigenvalue weighted by Gasteiger charge is 2.13. The van der Waals surface area contributed by atoms with Gasteiger partial charge in [0.25, 0.3) is 5.69 Å². The Kier molecular flexibility index (Phi) is 12.3. The molecule has 1 rings (SSSR count). The lowest BCUT2D eigenvalue weighted by Gasteiger charge is -2.07. The van der Waals surface area contributed by atoms with E-state index in [1.807, 2.05) is 0 Å². The minimum absolute atomic E-state index is 0.117. The van der Waals surface area contributed by atoms with Crippen LogP contribution in [0.25, 0.3) is 0 Å². The fourth-order valence-corrected chi connectivity index (χ4v) is 1.95. The maximum Gasteiger partial charge on any atom is 0.328 e. The smallest absolute Gasteiger partial charge is 0.328 e. The van der Waals surface area contributed by atoms with Gasteiger partial charge in [-0.25, -0.2) is 9.59 Å². The van der Waals surface area contributed by atoms with E-state index in [2.05, 4.69) is 12.1 Å². The van der Waals surface area contributed by atoms with E-state index >= 15 is 0 Å². The molecule has 0 radical (unpaired) electrons. The Morgan fingerprint density at radius 2 is 1.89 bits per heavy atom. The number of nitrogens with zero attached hydrogens (tertiary/aromatic N) is 2. The van der Waals surface area contributed by atoms with Gasteiger partial charge in [-0.05, 0) is 31.9 Å². The standard InChI is InChI=1S/C14H21N3O3.C4H4O4/c1-3-4-5-13(16-20-9-8-15)12-6-7-14(17(18)19)11(2)10-12;5-3(6)1-2-4(7)8/h6-7,10H,3-5,8-9,15H2,1-2H3;1-2H,(H,5,6)(H,7,8)/b;2-1+. The van der Waals surface area contributed by atoms with Gasteiger partial charge >= 0.3 is 11.9 Å². The molecule has 1 aromatic carbocycles. The van der Waals surface area contributed by atoms with Crippen LogP contribution in [0.5, 0.6) is 0 Å². The van der Waals surface area contributed by atoms with Crippen molar-refractivity contribution < 1.29 is 29.6 Å². The number of rotatable bonds is 10. The van der Waals surface area contributed by atoms with Crippen LogP contribution in [-0.4, -0.2) is 45.9 Å². The summed E-state index contributed by atoms with van der Waals surface area (Å²) in [6.45, 7) is 4.59. The molecule has 0 aromatic heterocycles. The van der Waals surface area contributed by atoms with Crippen LogP contribution < -0.4 is 5.73 Å². The number of nitrogens with two attached hydrogens (primary N) is 1. The van der Waals surface area contributed by atoms with E-state index in [9.17, 15) is 19.7 Å². The fraction of sp³-hybridized carbons (Fsp3) is 0.389. The van der Waals surface area contributed by atoms with Crippen molar-refractivity contribution >= 4 is 23.3 Å². The largest absolute Gasteiger partial charge is 0.478 e. The van der Waals surface area contributed by atoms with Crippen molar-refractivity contribution in [1.29, 1.82) is 0 Å². The Hall–Kier alpha value is -3.27. The first kappa shape index (κ1) is 24.7. The molecule has 0 saturated carbocycles. The third-order valence-corrected chi connectivity index (χ3v) is 3.25. The average molecular weight is 395 g/mol. The average Bonchev–Trinajstić information content (AvgIpc) is 2.63. The zero-order chi connectivity index (χ0) is 21.5. The van der Waals surface area contributed by atoms with Gasteiger partial charge in [-0.2, -0.15) is 0 Å². The number of hydrogen-bond acceptors (Lipinski definition) is 7. The molecule has 10 nitrogen and oxygen atoms in total. The molecular formula is C18H25N3O7. The molecule has 0 aliphatic heterocycles. The predicted molar refractivity (Wildman–Crippen MR) is 103 cm³/mol. The molecule has 0 unspecified atom stereocenters. The lowest BCUT2D eigenvalue weighted by molar-refractivity contribution is -0.385. The van der Waals surface area contributed by atoms with Crippen LogP contribution in [0.4, 0.5) is 5.69 Å². The number of hydrogen-bond donors (Lipinski definition) is 3. The normalized spacial score (nSPS) is 10.9. The number of aryl methyl sites for hydroxylation is 1. The van der Waals surface area contributed by atoms with Crippen molar-refractivity contribution in [2.75, 3.05) is 13.2 Å². The summed E-state index contributed by atoms with van der Waals surface area (Å²) in [6.07, 6.45) is 3.92. The van der Waals surface area contributed by atoms with Gasteiger partial charge in [-0.3, -0.25) is 10.1 Å². The summed E-state index contributed by atoms with van der Waals surface area (Å²) in [6, 6.07) is 5.00. The molecule has 0 atom stereocenters. The first-order valence-corrected chi connectivity index (χ1v) is 8.51. The van der Waals surface area contributed by atoms with Crippen LogP contribution in [-0.2, 0) is 14.4 Å². The number of carboxylic acid groups (broad SMARTS) is 2. The zero-order valence-corrected chi connectivity index (χ0v) is 15.8. The highest BCUT2D eigenvalue weighted by Crippen LogP contribution is 2.20. The second-order valence-electron chi connectivity index (χ2n) is 5.53. The fourth-order valence-electron chi connectivity index (χ4n) is 1.95. The van der Waals surface area contributed by atoms with E-state index in [0.717, 1.165) is 30.5 Å². The van der Waals surface area contributed by atoms with Crippen LogP contribution in [0.2, 0.25) is 0 Å². The molecule has 1 aromatic rings. The molecule has 0 aliphatic rings. The number of carboxylic acids is 2. The van der Waals surface area contributed by atoms with E-state index in [4.69, 9.17) is 20.8 Å². The minimum Gasteiger partial charge on any atom is -0.478 e. The summed E-state index contributed by atoms with van der Waals surface area (Å²) in [5, 5.41) is 30.6. The Morgan fingerprint density at radius 1 is 1.29 bits per heavy atom. The lowest BCUT2D eigenvalue weighted by Crippen LogP contribution is -2.08. The van der Waals surface area contributed by atoms with Gasteiger partial charge in [0.2, 0.25) is 0 Å². The van der Waals surface area contributed by atoms with Crippen LogP contribution in [0.1, 0.15) is 37.3 Å². The number of aliphatic carboxylic acids is 2. The quantitative estimate of drug-likeness (QED) is 0.179. The van der Waals surface area contributed by atoms with Crippen LogP contribution in [0.3, 0.4) is 0 Å². The van der Waals surface area contributed by atoms with Crippen LogP contribution in [0, 0.1) is 17.0 Å². The number of oxime groups is 1. The first-order chi connectivity index (χ1) is 13.2. The summed E-state index contributed by atoms with van der Waals surface area (Å²) < 4.78 is 0. The Labute approximate surface area is 162 Å². The number of nitro benzene ring substituents is 1. The Bertz CT molecular complexity index is 714. The number of nitro groups is 1.